The fourth-order valence-corrected chi connectivity index (χ4v) is 2.00. The Morgan fingerprint density at radius 1 is 1.11 bits per heavy atom. The fraction of sp³-hybridized carbons (Fsp3) is 0.400. The van der Waals surface area contributed by atoms with Crippen LogP contribution in [0.3, 0.4) is 0 Å². The quantitative estimate of drug-likeness (QED) is 0.714. The number of methoxy groups -OCH3 is 1. The molecule has 0 aliphatic rings. The Morgan fingerprint density at radius 3 is 2.89 bits per heavy atom. The minimum atomic E-state index is 0.811. The average Bonchev–Trinajstić information content (AvgIpc) is 2.46. The minimum Gasteiger partial charge on any atom is -0.385 e. The highest BCUT2D eigenvalue weighted by Crippen LogP contribution is 2.19. The largest absolute Gasteiger partial charge is 0.385 e. The molecule has 0 radical (unpaired) electrons. The number of hydrogen-bond donors (Lipinski definition) is 2. The molecule has 0 saturated carbocycles. The lowest BCUT2D eigenvalue weighted by atomic mass is 10.1. The smallest absolute Gasteiger partial charge is 0.133 e. The maximum absolute atomic E-state index is 5.00. The minimum absolute atomic E-state index is 0.811. The van der Waals surface area contributed by atoms with E-state index in [4.69, 9.17) is 4.74 Å². The lowest BCUT2D eigenvalue weighted by Crippen LogP contribution is -2.24. The molecule has 0 aliphatic heterocycles. The number of aromatic nitrogens is 1. The van der Waals surface area contributed by atoms with Crippen molar-refractivity contribution in [1.29, 1.82) is 0 Å². The summed E-state index contributed by atoms with van der Waals surface area (Å²) in [6, 6.07) is 10.3. The molecule has 0 fully saturated rings. The van der Waals surface area contributed by atoms with Crippen LogP contribution in [-0.4, -0.2) is 38.3 Å². The van der Waals surface area contributed by atoms with E-state index in [1.165, 1.54) is 10.8 Å². The van der Waals surface area contributed by atoms with Crippen LogP contribution in [0.5, 0.6) is 0 Å². The molecule has 2 aromatic rings. The van der Waals surface area contributed by atoms with E-state index in [0.717, 1.165) is 38.5 Å². The van der Waals surface area contributed by atoms with E-state index < -0.39 is 0 Å². The highest BCUT2D eigenvalue weighted by Gasteiger charge is 2.00. The fourth-order valence-electron chi connectivity index (χ4n) is 2.00. The number of hydrogen-bond acceptors (Lipinski definition) is 4. The summed E-state index contributed by atoms with van der Waals surface area (Å²) >= 11 is 0. The van der Waals surface area contributed by atoms with E-state index in [9.17, 15) is 0 Å². The lowest BCUT2D eigenvalue weighted by Gasteiger charge is -2.09. The van der Waals surface area contributed by atoms with Crippen LogP contribution in [0.4, 0.5) is 5.82 Å². The SMILES string of the molecule is COCCCNCCNc1nccc2ccccc12. The van der Waals surface area contributed by atoms with Gasteiger partial charge in [0.1, 0.15) is 5.82 Å². The summed E-state index contributed by atoms with van der Waals surface area (Å²) in [5.74, 6) is 0.955. The Bertz CT molecular complexity index is 496. The first kappa shape index (κ1) is 13.8. The molecule has 19 heavy (non-hydrogen) atoms. The van der Waals surface area contributed by atoms with Crippen molar-refractivity contribution < 1.29 is 4.74 Å². The van der Waals surface area contributed by atoms with Gasteiger partial charge >= 0.3 is 0 Å². The maximum atomic E-state index is 5.00. The van der Waals surface area contributed by atoms with Crippen molar-refractivity contribution in [3.8, 4) is 0 Å². The van der Waals surface area contributed by atoms with Gasteiger partial charge in [0.05, 0.1) is 0 Å². The lowest BCUT2D eigenvalue weighted by molar-refractivity contribution is 0.194. The zero-order valence-corrected chi connectivity index (χ0v) is 11.4. The Labute approximate surface area is 114 Å². The molecule has 2 N–H and O–H groups in total. The molecule has 0 saturated heterocycles. The highest BCUT2D eigenvalue weighted by molar-refractivity contribution is 5.91. The summed E-state index contributed by atoms with van der Waals surface area (Å²) in [5, 5.41) is 9.13. The second-order valence-electron chi connectivity index (χ2n) is 4.40. The molecule has 0 aliphatic carbocycles. The van der Waals surface area contributed by atoms with Gasteiger partial charge in [-0.1, -0.05) is 24.3 Å². The average molecular weight is 259 g/mol. The van der Waals surface area contributed by atoms with Crippen LogP contribution in [0, 0.1) is 0 Å². The summed E-state index contributed by atoms with van der Waals surface area (Å²) in [7, 11) is 1.73. The summed E-state index contributed by atoms with van der Waals surface area (Å²) in [6.45, 7) is 3.59. The molecule has 1 aromatic carbocycles. The Kier molecular flexibility index (Phi) is 5.59. The monoisotopic (exact) mass is 259 g/mol. The Morgan fingerprint density at radius 2 is 2.00 bits per heavy atom. The maximum Gasteiger partial charge on any atom is 0.133 e. The van der Waals surface area contributed by atoms with Crippen LogP contribution in [0.15, 0.2) is 36.5 Å². The van der Waals surface area contributed by atoms with Gasteiger partial charge in [0.2, 0.25) is 0 Å². The van der Waals surface area contributed by atoms with Gasteiger partial charge in [-0.3, -0.25) is 0 Å². The number of benzene rings is 1. The second kappa shape index (κ2) is 7.71. The van der Waals surface area contributed by atoms with Crippen molar-refractivity contribution in [2.75, 3.05) is 38.7 Å². The molecular formula is C15H21N3O. The van der Waals surface area contributed by atoms with Crippen LogP contribution in [-0.2, 0) is 4.74 Å². The number of fused-ring (bicyclic) bond motifs is 1. The first-order valence-electron chi connectivity index (χ1n) is 6.69. The van der Waals surface area contributed by atoms with E-state index in [1.807, 2.05) is 24.4 Å². The molecule has 1 aromatic heterocycles. The van der Waals surface area contributed by atoms with E-state index >= 15 is 0 Å². The van der Waals surface area contributed by atoms with Gasteiger partial charge in [-0.15, -0.1) is 0 Å². The van der Waals surface area contributed by atoms with Crippen LogP contribution < -0.4 is 10.6 Å². The summed E-state index contributed by atoms with van der Waals surface area (Å²) in [6.07, 6.45) is 2.89. The van der Waals surface area contributed by atoms with E-state index in [0.29, 0.717) is 0 Å². The van der Waals surface area contributed by atoms with Crippen LogP contribution in [0.25, 0.3) is 10.8 Å². The van der Waals surface area contributed by atoms with Gasteiger partial charge in [0.15, 0.2) is 0 Å². The summed E-state index contributed by atoms with van der Waals surface area (Å²) in [5.41, 5.74) is 0. The van der Waals surface area contributed by atoms with Crippen LogP contribution in [0.2, 0.25) is 0 Å². The van der Waals surface area contributed by atoms with Crippen molar-refractivity contribution in [2.45, 2.75) is 6.42 Å². The number of nitrogens with one attached hydrogen (secondary N) is 2. The number of rotatable bonds is 8. The molecule has 0 atom stereocenters. The standard InChI is InChI=1S/C15H21N3O/c1-19-12-4-8-16-10-11-18-15-14-6-3-2-5-13(14)7-9-17-15/h2-3,5-7,9,16H,4,8,10-12H2,1H3,(H,17,18). The first-order chi connectivity index (χ1) is 9.42. The number of anilines is 1. The van der Waals surface area contributed by atoms with Gasteiger partial charge < -0.3 is 15.4 Å². The van der Waals surface area contributed by atoms with E-state index in [2.05, 4.69) is 27.8 Å². The molecule has 0 amide bonds. The molecular weight excluding hydrogens is 238 g/mol. The van der Waals surface area contributed by atoms with Crippen molar-refractivity contribution >= 4 is 16.6 Å². The molecule has 2 rings (SSSR count). The molecule has 4 heteroatoms. The zero-order chi connectivity index (χ0) is 13.3. The predicted octanol–water partition coefficient (Wildman–Crippen LogP) is 2.27. The van der Waals surface area contributed by atoms with Gasteiger partial charge in [0.25, 0.3) is 0 Å². The third-order valence-corrected chi connectivity index (χ3v) is 2.97. The third-order valence-electron chi connectivity index (χ3n) is 2.97. The Hall–Kier alpha value is -1.65. The first-order valence-corrected chi connectivity index (χ1v) is 6.69. The van der Waals surface area contributed by atoms with Gasteiger partial charge in [-0.05, 0) is 24.4 Å². The van der Waals surface area contributed by atoms with E-state index in [-0.39, 0.29) is 0 Å². The third kappa shape index (κ3) is 4.19. The molecule has 0 spiro atoms. The Balaban J connectivity index is 1.78. The second-order valence-corrected chi connectivity index (χ2v) is 4.40. The topological polar surface area (TPSA) is 46.2 Å². The molecule has 102 valence electrons. The van der Waals surface area contributed by atoms with Crippen molar-refractivity contribution in [2.24, 2.45) is 0 Å². The van der Waals surface area contributed by atoms with Crippen molar-refractivity contribution in [3.05, 3.63) is 36.5 Å². The highest BCUT2D eigenvalue weighted by atomic mass is 16.5. The number of ether oxygens (including phenoxy) is 1. The zero-order valence-electron chi connectivity index (χ0n) is 11.4. The predicted molar refractivity (Wildman–Crippen MR) is 79.6 cm³/mol. The van der Waals surface area contributed by atoms with Crippen LogP contribution >= 0.6 is 0 Å². The number of nitrogens with zero attached hydrogens (tertiary/aromatic N) is 1. The molecule has 1 heterocycles. The molecule has 0 bridgehead atoms. The van der Waals surface area contributed by atoms with Gasteiger partial charge in [0, 0.05) is 38.4 Å². The van der Waals surface area contributed by atoms with E-state index in [1.54, 1.807) is 7.11 Å². The van der Waals surface area contributed by atoms with Gasteiger partial charge in [-0.25, -0.2) is 4.98 Å². The normalized spacial score (nSPS) is 10.8. The van der Waals surface area contributed by atoms with Crippen molar-refractivity contribution in [3.63, 3.8) is 0 Å². The summed E-state index contributed by atoms with van der Waals surface area (Å²) in [4.78, 5) is 4.40. The summed E-state index contributed by atoms with van der Waals surface area (Å²) < 4.78 is 5.00. The molecule has 4 nitrogen and oxygen atoms in total. The molecule has 0 unspecified atom stereocenters. The van der Waals surface area contributed by atoms with Crippen LogP contribution in [0.1, 0.15) is 6.42 Å². The number of pyridine rings is 1. The van der Waals surface area contributed by atoms with Gasteiger partial charge in [-0.2, -0.15) is 0 Å². The van der Waals surface area contributed by atoms with Crippen molar-refractivity contribution in [1.82, 2.24) is 10.3 Å².